The number of nitrogens with zero attached hydrogens (tertiary/aromatic N) is 1. The van der Waals surface area contributed by atoms with Crippen molar-refractivity contribution in [3.05, 3.63) is 28.8 Å². The molecule has 1 aromatic rings. The third-order valence-electron chi connectivity index (χ3n) is 3.68. The van der Waals surface area contributed by atoms with E-state index >= 15 is 0 Å². The Balaban J connectivity index is 2.29. The molecule has 4 nitrogen and oxygen atoms in total. The van der Waals surface area contributed by atoms with Crippen LogP contribution in [-0.4, -0.2) is 23.4 Å². The van der Waals surface area contributed by atoms with E-state index in [-0.39, 0.29) is 11.9 Å². The highest BCUT2D eigenvalue weighted by atomic mass is 35.5. The minimum absolute atomic E-state index is 0.00449. The molecule has 1 heterocycles. The molecule has 1 fully saturated rings. The van der Waals surface area contributed by atoms with Crippen LogP contribution in [-0.2, 0) is 0 Å². The van der Waals surface area contributed by atoms with Crippen LogP contribution in [0.5, 0.6) is 0 Å². The van der Waals surface area contributed by atoms with Gasteiger partial charge >= 0.3 is 0 Å². The van der Waals surface area contributed by atoms with Gasteiger partial charge in [-0.2, -0.15) is 0 Å². The first-order valence-corrected chi connectivity index (χ1v) is 7.08. The number of carbonyl (C=O) groups excluding carboxylic acids is 1. The van der Waals surface area contributed by atoms with Crippen LogP contribution in [0.4, 0.5) is 5.69 Å². The number of rotatable bonds is 2. The fourth-order valence-corrected chi connectivity index (χ4v) is 2.72. The molecule has 1 amide bonds. The van der Waals surface area contributed by atoms with Crippen molar-refractivity contribution in [2.75, 3.05) is 12.0 Å². The van der Waals surface area contributed by atoms with Gasteiger partial charge in [0, 0.05) is 17.6 Å². The van der Waals surface area contributed by atoms with Gasteiger partial charge in [0.25, 0.3) is 5.91 Å². The van der Waals surface area contributed by atoms with Crippen LogP contribution < -0.4 is 11.3 Å². The highest BCUT2D eigenvalue weighted by Gasteiger charge is 2.24. The van der Waals surface area contributed by atoms with Crippen molar-refractivity contribution in [3.8, 4) is 0 Å². The molecule has 104 valence electrons. The van der Waals surface area contributed by atoms with Crippen LogP contribution in [0.25, 0.3) is 0 Å². The number of hydrogen-bond donors (Lipinski definition) is 2. The Labute approximate surface area is 118 Å². The van der Waals surface area contributed by atoms with Crippen molar-refractivity contribution in [2.45, 2.75) is 38.6 Å². The first-order valence-electron chi connectivity index (χ1n) is 6.70. The second kappa shape index (κ2) is 6.26. The van der Waals surface area contributed by atoms with Gasteiger partial charge in [0.2, 0.25) is 0 Å². The maximum atomic E-state index is 12.7. The normalized spacial score (nSPS) is 19.9. The number of hydrogen-bond acceptors (Lipinski definition) is 3. The number of benzene rings is 1. The van der Waals surface area contributed by atoms with E-state index in [1.807, 2.05) is 4.90 Å². The topological polar surface area (TPSA) is 58.4 Å². The number of anilines is 1. The molecular formula is C14H20ClN3O. The molecule has 0 aliphatic carbocycles. The minimum Gasteiger partial charge on any atom is -0.336 e. The predicted molar refractivity (Wildman–Crippen MR) is 78.2 cm³/mol. The highest BCUT2D eigenvalue weighted by Crippen LogP contribution is 2.25. The summed E-state index contributed by atoms with van der Waals surface area (Å²) in [4.78, 5) is 14.6. The van der Waals surface area contributed by atoms with Crippen molar-refractivity contribution in [1.29, 1.82) is 0 Å². The lowest BCUT2D eigenvalue weighted by Gasteiger charge is -2.28. The number of hydrazine groups is 1. The molecule has 0 bridgehead atoms. The van der Waals surface area contributed by atoms with Gasteiger partial charge in [-0.05, 0) is 38.0 Å². The lowest BCUT2D eigenvalue weighted by atomic mass is 10.1. The monoisotopic (exact) mass is 281 g/mol. The smallest absolute Gasteiger partial charge is 0.256 e. The Kier molecular flexibility index (Phi) is 4.66. The lowest BCUT2D eigenvalue weighted by molar-refractivity contribution is 0.0699. The molecule has 0 aromatic heterocycles. The summed E-state index contributed by atoms with van der Waals surface area (Å²) in [5, 5.41) is 0.546. The molecule has 3 N–H and O–H groups in total. The molecule has 1 aromatic carbocycles. The van der Waals surface area contributed by atoms with Gasteiger partial charge in [-0.25, -0.2) is 0 Å². The molecule has 19 heavy (non-hydrogen) atoms. The van der Waals surface area contributed by atoms with Gasteiger partial charge in [0.05, 0.1) is 11.3 Å². The largest absolute Gasteiger partial charge is 0.336 e. The third-order valence-corrected chi connectivity index (χ3v) is 3.92. The summed E-state index contributed by atoms with van der Waals surface area (Å²) in [6.07, 6.45) is 4.48. The fourth-order valence-electron chi connectivity index (χ4n) is 2.55. The molecular weight excluding hydrogens is 262 g/mol. The van der Waals surface area contributed by atoms with Gasteiger partial charge in [-0.1, -0.05) is 24.4 Å². The van der Waals surface area contributed by atoms with Gasteiger partial charge in [0.15, 0.2) is 0 Å². The first-order chi connectivity index (χ1) is 9.13. The summed E-state index contributed by atoms with van der Waals surface area (Å²) < 4.78 is 0. The van der Waals surface area contributed by atoms with Crippen molar-refractivity contribution < 1.29 is 4.79 Å². The van der Waals surface area contributed by atoms with Crippen LogP contribution in [0.3, 0.4) is 0 Å². The Morgan fingerprint density at radius 1 is 1.42 bits per heavy atom. The van der Waals surface area contributed by atoms with Gasteiger partial charge in [0.1, 0.15) is 0 Å². The molecule has 0 spiro atoms. The Bertz CT molecular complexity index is 464. The second-order valence-corrected chi connectivity index (χ2v) is 5.47. The zero-order valence-corrected chi connectivity index (χ0v) is 11.9. The summed E-state index contributed by atoms with van der Waals surface area (Å²) >= 11 is 5.99. The molecule has 0 saturated carbocycles. The maximum absolute atomic E-state index is 12.7. The van der Waals surface area contributed by atoms with Crippen LogP contribution in [0, 0.1) is 0 Å². The van der Waals surface area contributed by atoms with E-state index in [0.717, 1.165) is 19.4 Å². The first kappa shape index (κ1) is 14.2. The van der Waals surface area contributed by atoms with Crippen molar-refractivity contribution in [3.63, 3.8) is 0 Å². The summed E-state index contributed by atoms with van der Waals surface area (Å²) in [6.45, 7) is 2.90. The summed E-state index contributed by atoms with van der Waals surface area (Å²) in [5.41, 5.74) is 3.73. The van der Waals surface area contributed by atoms with E-state index in [2.05, 4.69) is 12.3 Å². The Morgan fingerprint density at radius 2 is 2.21 bits per heavy atom. The van der Waals surface area contributed by atoms with Gasteiger partial charge in [-0.3, -0.25) is 10.6 Å². The lowest BCUT2D eigenvalue weighted by Crippen LogP contribution is -2.38. The molecule has 1 aliphatic heterocycles. The fraction of sp³-hybridized carbons (Fsp3) is 0.500. The van der Waals surface area contributed by atoms with Crippen LogP contribution in [0.2, 0.25) is 5.02 Å². The summed E-state index contributed by atoms with van der Waals surface area (Å²) in [7, 11) is 0. The Hall–Kier alpha value is -1.26. The minimum atomic E-state index is 0.00449. The zero-order chi connectivity index (χ0) is 13.8. The standard InChI is InChI=1S/C14H20ClN3O/c1-10-5-3-2-4-8-18(10)14(19)12-9-11(15)6-7-13(12)17-16/h6-7,9-10,17H,2-5,8,16H2,1H3. The van der Waals surface area contributed by atoms with Crippen molar-refractivity contribution in [1.82, 2.24) is 4.90 Å². The van der Waals surface area contributed by atoms with Crippen LogP contribution >= 0.6 is 11.6 Å². The molecule has 1 unspecified atom stereocenters. The van der Waals surface area contributed by atoms with Crippen molar-refractivity contribution in [2.24, 2.45) is 5.84 Å². The van der Waals surface area contributed by atoms with E-state index < -0.39 is 0 Å². The SMILES string of the molecule is CC1CCCCCN1C(=O)c1cc(Cl)ccc1NN. The second-order valence-electron chi connectivity index (χ2n) is 5.03. The number of likely N-dealkylation sites (tertiary alicyclic amines) is 1. The van der Waals surface area contributed by atoms with E-state index in [9.17, 15) is 4.79 Å². The maximum Gasteiger partial charge on any atom is 0.256 e. The molecule has 1 aliphatic rings. The number of nitrogen functional groups attached to an aromatic ring is 1. The number of halogens is 1. The zero-order valence-electron chi connectivity index (χ0n) is 11.2. The van der Waals surface area contributed by atoms with Crippen LogP contribution in [0.15, 0.2) is 18.2 Å². The summed E-state index contributed by atoms with van der Waals surface area (Å²) in [6, 6.07) is 5.40. The average Bonchev–Trinajstić information content (AvgIpc) is 2.62. The third kappa shape index (κ3) is 3.19. The van der Waals surface area contributed by atoms with Gasteiger partial charge in [-0.15, -0.1) is 0 Å². The molecule has 0 radical (unpaired) electrons. The molecule has 2 rings (SSSR count). The van der Waals surface area contributed by atoms with E-state index in [4.69, 9.17) is 17.4 Å². The average molecular weight is 282 g/mol. The van der Waals surface area contributed by atoms with Crippen molar-refractivity contribution >= 4 is 23.2 Å². The van der Waals surface area contributed by atoms with E-state index in [0.29, 0.717) is 16.3 Å². The number of nitrogens with two attached hydrogens (primary N) is 1. The van der Waals surface area contributed by atoms with Crippen LogP contribution in [0.1, 0.15) is 43.0 Å². The molecule has 5 heteroatoms. The van der Waals surface area contributed by atoms with Gasteiger partial charge < -0.3 is 10.3 Å². The number of amides is 1. The quantitative estimate of drug-likeness (QED) is 0.647. The predicted octanol–water partition coefficient (Wildman–Crippen LogP) is 3.03. The summed E-state index contributed by atoms with van der Waals surface area (Å²) in [5.74, 6) is 5.47. The number of carbonyl (C=O) groups is 1. The molecule has 1 atom stereocenters. The molecule has 1 saturated heterocycles. The number of nitrogens with one attached hydrogen (secondary N) is 1. The van der Waals surface area contributed by atoms with E-state index in [1.54, 1.807) is 18.2 Å². The highest BCUT2D eigenvalue weighted by molar-refractivity contribution is 6.31. The van der Waals surface area contributed by atoms with E-state index in [1.165, 1.54) is 12.8 Å². The Morgan fingerprint density at radius 3 is 2.95 bits per heavy atom.